The van der Waals surface area contributed by atoms with E-state index in [0.29, 0.717) is 0 Å². The molecule has 9 nitrogen and oxygen atoms in total. The molecule has 0 aromatic heterocycles. The van der Waals surface area contributed by atoms with Gasteiger partial charge >= 0.3 is 11.9 Å². The molecule has 0 saturated carbocycles. The highest BCUT2D eigenvalue weighted by atomic mass is 16.6. The summed E-state index contributed by atoms with van der Waals surface area (Å²) in [5.74, 6) is -2.28. The van der Waals surface area contributed by atoms with E-state index in [1.165, 1.54) is 6.92 Å². The maximum absolute atomic E-state index is 11.3. The van der Waals surface area contributed by atoms with E-state index < -0.39 is 42.3 Å². The number of hydrogen-bond donors (Lipinski definition) is 4. The second-order valence-corrected chi connectivity index (χ2v) is 4.33. The van der Waals surface area contributed by atoms with Gasteiger partial charge in [-0.15, -0.1) is 0 Å². The zero-order valence-corrected chi connectivity index (χ0v) is 11.3. The number of ether oxygens (including phenoxy) is 2. The van der Waals surface area contributed by atoms with E-state index in [1.807, 2.05) is 0 Å². The van der Waals surface area contributed by atoms with Crippen molar-refractivity contribution in [1.29, 1.82) is 0 Å². The Morgan fingerprint density at radius 3 is 2.60 bits per heavy atom. The van der Waals surface area contributed by atoms with Crippen molar-refractivity contribution in [1.82, 2.24) is 10.6 Å². The van der Waals surface area contributed by atoms with Crippen LogP contribution in [0, 0.1) is 0 Å². The number of aliphatic carboxylic acids is 1. The number of nitrogens with one attached hydrogen (secondary N) is 2. The fraction of sp³-hybridized carbons (Fsp3) is 0.727. The van der Waals surface area contributed by atoms with Crippen LogP contribution < -0.4 is 16.4 Å². The van der Waals surface area contributed by atoms with E-state index in [0.717, 1.165) is 0 Å². The van der Waals surface area contributed by atoms with Crippen LogP contribution in [-0.4, -0.2) is 60.5 Å². The maximum atomic E-state index is 11.3. The van der Waals surface area contributed by atoms with Gasteiger partial charge in [-0.3, -0.25) is 10.1 Å². The Labute approximate surface area is 115 Å². The Kier molecular flexibility index (Phi) is 5.86. The minimum Gasteiger partial charge on any atom is -0.480 e. The molecule has 1 amide bonds. The number of carboxylic acid groups (broad SMARTS) is 1. The molecule has 5 N–H and O–H groups in total. The van der Waals surface area contributed by atoms with Crippen LogP contribution in [0.2, 0.25) is 0 Å². The van der Waals surface area contributed by atoms with Gasteiger partial charge < -0.3 is 25.6 Å². The van der Waals surface area contributed by atoms with Crippen molar-refractivity contribution in [2.24, 2.45) is 5.73 Å². The Bertz CT molecular complexity index is 386. The number of carbonyl (C=O) groups excluding carboxylic acids is 2. The van der Waals surface area contributed by atoms with E-state index in [-0.39, 0.29) is 13.2 Å². The number of nitrogens with two attached hydrogens (primary N) is 1. The molecule has 9 heteroatoms. The predicted octanol–water partition coefficient (Wildman–Crippen LogP) is -2.22. The molecule has 1 aliphatic rings. The molecule has 114 valence electrons. The summed E-state index contributed by atoms with van der Waals surface area (Å²) in [5, 5.41) is 14.0. The molecule has 20 heavy (non-hydrogen) atoms. The Balaban J connectivity index is 2.36. The number of carboxylic acids is 1. The van der Waals surface area contributed by atoms with Crippen LogP contribution in [0.15, 0.2) is 0 Å². The Hall–Kier alpha value is -1.71. The molecular formula is C11H19N3O6. The van der Waals surface area contributed by atoms with Crippen LogP contribution in [-0.2, 0) is 23.9 Å². The van der Waals surface area contributed by atoms with Gasteiger partial charge in [0.2, 0.25) is 5.91 Å². The van der Waals surface area contributed by atoms with Gasteiger partial charge in [-0.05, 0) is 13.8 Å². The smallest absolute Gasteiger partial charge is 0.339 e. The van der Waals surface area contributed by atoms with Gasteiger partial charge in [0.05, 0.1) is 12.6 Å². The Morgan fingerprint density at radius 2 is 2.10 bits per heavy atom. The second-order valence-electron chi connectivity index (χ2n) is 4.33. The fourth-order valence-corrected chi connectivity index (χ4v) is 1.41. The van der Waals surface area contributed by atoms with Gasteiger partial charge in [-0.2, -0.15) is 0 Å². The highest BCUT2D eigenvalue weighted by Gasteiger charge is 2.46. The average Bonchev–Trinajstić information content (AvgIpc) is 3.13. The van der Waals surface area contributed by atoms with Crippen LogP contribution in [0.5, 0.6) is 0 Å². The minimum absolute atomic E-state index is 0.0889. The summed E-state index contributed by atoms with van der Waals surface area (Å²) in [6, 6.07) is -1.96. The lowest BCUT2D eigenvalue weighted by molar-refractivity contribution is -0.144. The molecular weight excluding hydrogens is 270 g/mol. The summed E-state index contributed by atoms with van der Waals surface area (Å²) < 4.78 is 9.74. The number of esters is 1. The van der Waals surface area contributed by atoms with Crippen molar-refractivity contribution >= 4 is 17.8 Å². The first-order chi connectivity index (χ1) is 9.36. The first kappa shape index (κ1) is 16.3. The molecule has 0 spiro atoms. The van der Waals surface area contributed by atoms with Crippen molar-refractivity contribution in [2.45, 2.75) is 38.3 Å². The van der Waals surface area contributed by atoms with Crippen molar-refractivity contribution in [3.8, 4) is 0 Å². The molecule has 1 heterocycles. The lowest BCUT2D eigenvalue weighted by atomic mass is 10.2. The summed E-state index contributed by atoms with van der Waals surface area (Å²) >= 11 is 0. The molecule has 1 saturated heterocycles. The number of amides is 1. The molecule has 0 radical (unpaired) electrons. The summed E-state index contributed by atoms with van der Waals surface area (Å²) in [6.07, 6.45) is -1.32. The van der Waals surface area contributed by atoms with E-state index >= 15 is 0 Å². The summed E-state index contributed by atoms with van der Waals surface area (Å²) in [7, 11) is 0. The number of hydrogen-bond acceptors (Lipinski definition) is 7. The van der Waals surface area contributed by atoms with E-state index in [9.17, 15) is 14.4 Å². The van der Waals surface area contributed by atoms with Crippen LogP contribution in [0.4, 0.5) is 0 Å². The average molecular weight is 289 g/mol. The molecule has 1 fully saturated rings. The van der Waals surface area contributed by atoms with E-state index in [2.05, 4.69) is 10.6 Å². The number of carbonyl (C=O) groups is 3. The largest absolute Gasteiger partial charge is 0.480 e. The van der Waals surface area contributed by atoms with Gasteiger partial charge in [0, 0.05) is 6.54 Å². The van der Waals surface area contributed by atoms with Crippen LogP contribution in [0.3, 0.4) is 0 Å². The topological polar surface area (TPSA) is 143 Å². The molecule has 1 rings (SSSR count). The van der Waals surface area contributed by atoms with Gasteiger partial charge in [0.15, 0.2) is 6.10 Å². The van der Waals surface area contributed by atoms with Gasteiger partial charge in [0.25, 0.3) is 0 Å². The van der Waals surface area contributed by atoms with E-state index in [1.54, 1.807) is 6.92 Å². The maximum Gasteiger partial charge on any atom is 0.339 e. The van der Waals surface area contributed by atoms with Crippen LogP contribution >= 0.6 is 0 Å². The van der Waals surface area contributed by atoms with Crippen molar-refractivity contribution in [3.63, 3.8) is 0 Å². The fourth-order valence-electron chi connectivity index (χ4n) is 1.41. The molecule has 0 aromatic carbocycles. The highest BCUT2D eigenvalue weighted by molar-refractivity contribution is 5.86. The zero-order valence-electron chi connectivity index (χ0n) is 11.3. The van der Waals surface area contributed by atoms with Gasteiger partial charge in [-0.1, -0.05) is 0 Å². The van der Waals surface area contributed by atoms with Crippen molar-refractivity contribution in [3.05, 3.63) is 0 Å². The summed E-state index contributed by atoms with van der Waals surface area (Å²) in [6.45, 7) is 3.27. The molecule has 1 aliphatic heterocycles. The van der Waals surface area contributed by atoms with Gasteiger partial charge in [0.1, 0.15) is 12.3 Å². The first-order valence-electron chi connectivity index (χ1n) is 6.21. The van der Waals surface area contributed by atoms with Crippen LogP contribution in [0.25, 0.3) is 0 Å². The SMILES string of the molecule is CCOC(=O)[C@@H]1O[C@H]1NC[C@H](NC(=O)[C@H](C)N)C(=O)O. The predicted molar refractivity (Wildman–Crippen MR) is 66.5 cm³/mol. The monoisotopic (exact) mass is 289 g/mol. The van der Waals surface area contributed by atoms with Crippen molar-refractivity contribution in [2.75, 3.05) is 13.2 Å². The lowest BCUT2D eigenvalue weighted by Gasteiger charge is -2.16. The highest BCUT2D eigenvalue weighted by Crippen LogP contribution is 2.20. The minimum atomic E-state index is -1.21. The summed E-state index contributed by atoms with van der Waals surface area (Å²) in [5.41, 5.74) is 5.34. The zero-order chi connectivity index (χ0) is 15.3. The number of rotatable bonds is 8. The first-order valence-corrected chi connectivity index (χ1v) is 6.21. The second kappa shape index (κ2) is 7.17. The third-order valence-corrected chi connectivity index (χ3v) is 2.56. The molecule has 0 aromatic rings. The third-order valence-electron chi connectivity index (χ3n) is 2.56. The van der Waals surface area contributed by atoms with E-state index in [4.69, 9.17) is 20.3 Å². The molecule has 4 atom stereocenters. The summed E-state index contributed by atoms with van der Waals surface area (Å²) in [4.78, 5) is 33.6. The molecule has 0 bridgehead atoms. The van der Waals surface area contributed by atoms with Gasteiger partial charge in [-0.25, -0.2) is 9.59 Å². The lowest BCUT2D eigenvalue weighted by Crippen LogP contribution is -2.52. The standard InChI is InChI=1S/C11H19N3O6/c1-3-19-11(18)7-9(20-7)13-4-6(10(16)17)14-8(15)5(2)12/h5-7,9,13H,3-4,12H2,1-2H3,(H,14,15)(H,16,17)/t5-,6-,7+,9+/m0/s1. The number of epoxide rings is 1. The quantitative estimate of drug-likeness (QED) is 0.290. The normalized spacial score (nSPS) is 23.6. The molecule has 0 unspecified atom stereocenters. The van der Waals surface area contributed by atoms with Crippen LogP contribution in [0.1, 0.15) is 13.8 Å². The van der Waals surface area contributed by atoms with Crippen molar-refractivity contribution < 1.29 is 29.0 Å². The third kappa shape index (κ3) is 4.76. The molecule has 0 aliphatic carbocycles. The Morgan fingerprint density at radius 1 is 1.45 bits per heavy atom.